The molecule has 0 saturated carbocycles. The van der Waals surface area contributed by atoms with Gasteiger partial charge in [-0.05, 0) is 19.8 Å². The van der Waals surface area contributed by atoms with E-state index in [1.807, 2.05) is 6.92 Å². The van der Waals surface area contributed by atoms with Crippen LogP contribution in [0.1, 0.15) is 117 Å². The molecule has 0 bridgehead atoms. The zero-order valence-electron chi connectivity index (χ0n) is 17.7. The summed E-state index contributed by atoms with van der Waals surface area (Å²) in [5, 5.41) is 0. The largest absolute Gasteiger partial charge is 0.325 e. The molecule has 0 saturated heterocycles. The van der Waals surface area contributed by atoms with Crippen molar-refractivity contribution in [3.05, 3.63) is 0 Å². The first kappa shape index (κ1) is 25.9. The van der Waals surface area contributed by atoms with E-state index in [1.54, 1.807) is 0 Å². The van der Waals surface area contributed by atoms with Crippen LogP contribution in [0, 0.1) is 0 Å². The summed E-state index contributed by atoms with van der Waals surface area (Å²) in [4.78, 5) is 0. The lowest BCUT2D eigenvalue weighted by Gasteiger charge is -2.24. The molecule has 0 aliphatic rings. The quantitative estimate of drug-likeness (QED) is 0.218. The second-order valence-corrected chi connectivity index (χ2v) is 10.0. The Kier molecular flexibility index (Phi) is 15.8. The van der Waals surface area contributed by atoms with Crippen LogP contribution < -0.4 is 5.73 Å². The van der Waals surface area contributed by atoms with Crippen LogP contribution >= 0.6 is 0 Å². The van der Waals surface area contributed by atoms with Gasteiger partial charge in [-0.1, -0.05) is 96.8 Å². The minimum absolute atomic E-state index is 0.00903. The third-order valence-corrected chi connectivity index (χ3v) is 6.49. The maximum atomic E-state index is 11.4. The highest BCUT2D eigenvalue weighted by atomic mass is 32.2. The average molecular weight is 392 g/mol. The molecule has 5 heteroatoms. The highest BCUT2D eigenvalue weighted by molar-refractivity contribution is 7.86. The maximum absolute atomic E-state index is 11.4. The van der Waals surface area contributed by atoms with Crippen molar-refractivity contribution in [2.45, 2.75) is 122 Å². The predicted octanol–water partition coefficient (Wildman–Crippen LogP) is 5.94. The molecule has 0 aromatic rings. The fraction of sp³-hybridized carbons (Fsp3) is 1.00. The van der Waals surface area contributed by atoms with Gasteiger partial charge in [-0.2, -0.15) is 8.42 Å². The monoisotopic (exact) mass is 391 g/mol. The number of unbranched alkanes of at least 4 members (excludes halogenated alkanes) is 13. The zero-order valence-corrected chi connectivity index (χ0v) is 18.5. The van der Waals surface area contributed by atoms with E-state index in [-0.39, 0.29) is 5.75 Å². The van der Waals surface area contributed by atoms with E-state index in [1.165, 1.54) is 90.6 Å². The Morgan fingerprint density at radius 2 is 1.12 bits per heavy atom. The molecule has 4 nitrogen and oxygen atoms in total. The standard InChI is InChI=1S/C21H45NO3S/c1-4-5-6-7-8-9-10-11-12-13-14-15-16-17-18-21(2,22)19-20-26(23,24)25-3/h4-20,22H2,1-3H3. The van der Waals surface area contributed by atoms with Gasteiger partial charge in [-0.15, -0.1) is 0 Å². The van der Waals surface area contributed by atoms with Crippen molar-refractivity contribution >= 4 is 10.1 Å². The number of rotatable bonds is 19. The van der Waals surface area contributed by atoms with Gasteiger partial charge in [0.15, 0.2) is 0 Å². The Balaban J connectivity index is 3.39. The lowest BCUT2D eigenvalue weighted by Crippen LogP contribution is -2.38. The van der Waals surface area contributed by atoms with Gasteiger partial charge in [-0.25, -0.2) is 0 Å². The van der Waals surface area contributed by atoms with Crippen molar-refractivity contribution in [3.63, 3.8) is 0 Å². The topological polar surface area (TPSA) is 69.4 Å². The molecule has 0 spiro atoms. The number of hydrogen-bond donors (Lipinski definition) is 1. The summed E-state index contributed by atoms with van der Waals surface area (Å²) in [7, 11) is -2.19. The molecule has 1 unspecified atom stereocenters. The summed E-state index contributed by atoms with van der Waals surface area (Å²) in [5.74, 6) is 0.00903. The SMILES string of the molecule is CCCCCCCCCCCCCCCCC(C)(N)CCS(=O)(=O)OC. The van der Waals surface area contributed by atoms with Gasteiger partial charge >= 0.3 is 0 Å². The van der Waals surface area contributed by atoms with Gasteiger partial charge in [0, 0.05) is 5.54 Å². The van der Waals surface area contributed by atoms with Crippen LogP contribution in [0.5, 0.6) is 0 Å². The van der Waals surface area contributed by atoms with E-state index in [9.17, 15) is 8.42 Å². The van der Waals surface area contributed by atoms with Gasteiger partial charge in [0.2, 0.25) is 0 Å². The number of nitrogens with two attached hydrogens (primary N) is 1. The maximum Gasteiger partial charge on any atom is 0.267 e. The van der Waals surface area contributed by atoms with Crippen molar-refractivity contribution in [3.8, 4) is 0 Å². The van der Waals surface area contributed by atoms with Crippen molar-refractivity contribution in [2.24, 2.45) is 5.73 Å². The average Bonchev–Trinajstić information content (AvgIpc) is 2.60. The second-order valence-electron chi connectivity index (χ2n) is 8.18. The Morgan fingerprint density at radius 1 is 0.731 bits per heavy atom. The first-order valence-electron chi connectivity index (χ1n) is 10.9. The minimum atomic E-state index is -3.39. The lowest BCUT2D eigenvalue weighted by molar-refractivity contribution is 0.369. The molecule has 26 heavy (non-hydrogen) atoms. The summed E-state index contributed by atoms with van der Waals surface area (Å²) in [5.41, 5.74) is 5.79. The highest BCUT2D eigenvalue weighted by Gasteiger charge is 2.21. The summed E-state index contributed by atoms with van der Waals surface area (Å²) >= 11 is 0. The van der Waals surface area contributed by atoms with Crippen molar-refractivity contribution in [1.82, 2.24) is 0 Å². The fourth-order valence-corrected chi connectivity index (χ4v) is 4.17. The molecule has 158 valence electrons. The predicted molar refractivity (Wildman–Crippen MR) is 113 cm³/mol. The molecule has 0 aliphatic carbocycles. The Hall–Kier alpha value is -0.130. The van der Waals surface area contributed by atoms with E-state index in [4.69, 9.17) is 5.73 Å². The molecular weight excluding hydrogens is 346 g/mol. The first-order valence-corrected chi connectivity index (χ1v) is 12.5. The van der Waals surface area contributed by atoms with Gasteiger partial charge in [-0.3, -0.25) is 4.18 Å². The van der Waals surface area contributed by atoms with Crippen LogP contribution in [-0.4, -0.2) is 26.8 Å². The third kappa shape index (κ3) is 17.3. The summed E-state index contributed by atoms with van der Waals surface area (Å²) < 4.78 is 27.2. The van der Waals surface area contributed by atoms with E-state index in [2.05, 4.69) is 11.1 Å². The van der Waals surface area contributed by atoms with Gasteiger partial charge in [0.25, 0.3) is 10.1 Å². The Morgan fingerprint density at radius 3 is 1.50 bits per heavy atom. The molecule has 0 radical (unpaired) electrons. The van der Waals surface area contributed by atoms with Crippen molar-refractivity contribution in [1.29, 1.82) is 0 Å². The van der Waals surface area contributed by atoms with Crippen LogP contribution in [-0.2, 0) is 14.3 Å². The second kappa shape index (κ2) is 15.9. The fourth-order valence-electron chi connectivity index (χ4n) is 3.29. The molecule has 0 amide bonds. The molecular formula is C21H45NO3S. The molecule has 0 rings (SSSR count). The molecule has 1 atom stereocenters. The van der Waals surface area contributed by atoms with Crippen LogP contribution in [0.4, 0.5) is 0 Å². The van der Waals surface area contributed by atoms with E-state index in [0.717, 1.165) is 12.8 Å². The zero-order chi connectivity index (χ0) is 19.7. The van der Waals surface area contributed by atoms with Crippen LogP contribution in [0.2, 0.25) is 0 Å². The van der Waals surface area contributed by atoms with Gasteiger partial charge < -0.3 is 5.73 Å². The van der Waals surface area contributed by atoms with Crippen LogP contribution in [0.15, 0.2) is 0 Å². The van der Waals surface area contributed by atoms with E-state index < -0.39 is 15.7 Å². The summed E-state index contributed by atoms with van der Waals surface area (Å²) in [6.45, 7) is 4.21. The highest BCUT2D eigenvalue weighted by Crippen LogP contribution is 2.19. The first-order chi connectivity index (χ1) is 12.3. The van der Waals surface area contributed by atoms with Crippen molar-refractivity contribution in [2.75, 3.05) is 12.9 Å². The molecule has 0 aromatic heterocycles. The Labute approximate surface area is 163 Å². The summed E-state index contributed by atoms with van der Waals surface area (Å²) in [6, 6.07) is 0. The normalized spacial score (nSPS) is 14.5. The minimum Gasteiger partial charge on any atom is -0.325 e. The molecule has 0 fully saturated rings. The number of hydrogen-bond acceptors (Lipinski definition) is 4. The molecule has 0 heterocycles. The van der Waals surface area contributed by atoms with Crippen LogP contribution in [0.25, 0.3) is 0 Å². The smallest absolute Gasteiger partial charge is 0.267 e. The van der Waals surface area contributed by atoms with E-state index >= 15 is 0 Å². The lowest BCUT2D eigenvalue weighted by atomic mass is 9.92. The third-order valence-electron chi connectivity index (χ3n) is 5.28. The summed E-state index contributed by atoms with van der Waals surface area (Å²) in [6.07, 6.45) is 20.1. The molecule has 2 N–H and O–H groups in total. The Bertz CT molecular complexity index is 407. The molecule has 0 aromatic carbocycles. The van der Waals surface area contributed by atoms with Gasteiger partial charge in [0.1, 0.15) is 0 Å². The van der Waals surface area contributed by atoms with Crippen molar-refractivity contribution < 1.29 is 12.6 Å². The van der Waals surface area contributed by atoms with E-state index in [0.29, 0.717) is 6.42 Å². The molecule has 0 aliphatic heterocycles. The van der Waals surface area contributed by atoms with Gasteiger partial charge in [0.05, 0.1) is 12.9 Å². The van der Waals surface area contributed by atoms with Crippen LogP contribution in [0.3, 0.4) is 0 Å².